The van der Waals surface area contributed by atoms with Crippen molar-refractivity contribution in [3.8, 4) is 0 Å². The van der Waals surface area contributed by atoms with E-state index in [1.54, 1.807) is 0 Å². The van der Waals surface area contributed by atoms with E-state index in [0.29, 0.717) is 0 Å². The Bertz CT molecular complexity index is 410. The third-order valence-electron chi connectivity index (χ3n) is 2.02. The lowest BCUT2D eigenvalue weighted by Gasteiger charge is -2.28. The smallest absolute Gasteiger partial charge is 0.397 e. The van der Waals surface area contributed by atoms with E-state index in [4.69, 9.17) is 9.66 Å². The molecule has 1 aliphatic rings. The lowest BCUT2D eigenvalue weighted by molar-refractivity contribution is -0.134. The number of carbonyl (C=O) groups is 1. The van der Waals surface area contributed by atoms with Gasteiger partial charge in [-0.25, -0.2) is 8.98 Å². The maximum Gasteiger partial charge on any atom is 0.397 e. The second-order valence-electron chi connectivity index (χ2n) is 3.25. The van der Waals surface area contributed by atoms with Crippen molar-refractivity contribution >= 4 is 16.4 Å². The summed E-state index contributed by atoms with van der Waals surface area (Å²) in [7, 11) is -4.82. The summed E-state index contributed by atoms with van der Waals surface area (Å²) in [6.07, 6.45) is -4.31. The van der Waals surface area contributed by atoms with Crippen LogP contribution < -0.4 is 0 Å². The Hall–Kier alpha value is -1.00. The predicted molar refractivity (Wildman–Crippen MR) is 48.8 cm³/mol. The highest BCUT2D eigenvalue weighted by molar-refractivity contribution is 7.80. The summed E-state index contributed by atoms with van der Waals surface area (Å²) in [6.45, 7) is 0. The second-order valence-corrected chi connectivity index (χ2v) is 4.30. The molecule has 0 saturated heterocycles. The first-order valence-corrected chi connectivity index (χ1v) is 5.53. The van der Waals surface area contributed by atoms with Gasteiger partial charge in [0.15, 0.2) is 0 Å². The molecule has 3 unspecified atom stereocenters. The van der Waals surface area contributed by atoms with Crippen LogP contribution in [0, 0.1) is 0 Å². The quantitative estimate of drug-likeness (QED) is 0.437. The monoisotopic (exact) mass is 254 g/mol. The molecule has 1 rings (SSSR count). The van der Waals surface area contributed by atoms with Gasteiger partial charge in [0.2, 0.25) is 0 Å². The summed E-state index contributed by atoms with van der Waals surface area (Å²) < 4.78 is 33.2. The summed E-state index contributed by atoms with van der Waals surface area (Å²) in [4.78, 5) is 10.5. The third kappa shape index (κ3) is 3.25. The van der Waals surface area contributed by atoms with Gasteiger partial charge >= 0.3 is 16.4 Å². The summed E-state index contributed by atoms with van der Waals surface area (Å²) in [5.74, 6) is -1.33. The first kappa shape index (κ1) is 13.1. The molecule has 0 aromatic heterocycles. The number of hydrogen-bond acceptors (Lipinski definition) is 6. The zero-order valence-corrected chi connectivity index (χ0v) is 8.66. The fourth-order valence-electron chi connectivity index (χ4n) is 1.36. The molecule has 0 spiro atoms. The standard InChI is InChI=1S/C7H10O8S/c8-4-1-3(7(10)11)2-5(9)6(4)15-16(12,13)14/h1,4-6,8-9H,2H2,(H,10,11)(H,12,13,14). The molecule has 1 aliphatic carbocycles. The molecule has 0 aliphatic heterocycles. The topological polar surface area (TPSA) is 141 Å². The van der Waals surface area contributed by atoms with Crippen LogP contribution in [-0.4, -0.2) is 52.6 Å². The molecule has 16 heavy (non-hydrogen) atoms. The van der Waals surface area contributed by atoms with Crippen LogP contribution in [0.5, 0.6) is 0 Å². The molecule has 0 aromatic rings. The number of carboxylic acid groups (broad SMARTS) is 1. The van der Waals surface area contributed by atoms with Crippen LogP contribution in [0.4, 0.5) is 0 Å². The number of hydrogen-bond donors (Lipinski definition) is 4. The zero-order chi connectivity index (χ0) is 12.5. The minimum atomic E-state index is -4.82. The van der Waals surface area contributed by atoms with E-state index >= 15 is 0 Å². The first-order chi connectivity index (χ1) is 7.20. The van der Waals surface area contributed by atoms with Gasteiger partial charge in [0.05, 0.1) is 6.10 Å². The van der Waals surface area contributed by atoms with Gasteiger partial charge in [0, 0.05) is 12.0 Å². The predicted octanol–water partition coefficient (Wildman–Crippen LogP) is -1.69. The molecule has 4 N–H and O–H groups in total. The van der Waals surface area contributed by atoms with Gasteiger partial charge in [-0.15, -0.1) is 0 Å². The second kappa shape index (κ2) is 4.47. The normalized spacial score (nSPS) is 30.9. The van der Waals surface area contributed by atoms with Crippen molar-refractivity contribution in [2.45, 2.75) is 24.7 Å². The highest BCUT2D eigenvalue weighted by Crippen LogP contribution is 2.23. The summed E-state index contributed by atoms with van der Waals surface area (Å²) in [5, 5.41) is 27.3. The largest absolute Gasteiger partial charge is 0.478 e. The van der Waals surface area contributed by atoms with E-state index in [1.807, 2.05) is 0 Å². The minimum absolute atomic E-state index is 0.254. The van der Waals surface area contributed by atoms with Gasteiger partial charge in [0.25, 0.3) is 0 Å². The fourth-order valence-corrected chi connectivity index (χ4v) is 1.88. The van der Waals surface area contributed by atoms with Crippen LogP contribution in [-0.2, 0) is 19.4 Å². The first-order valence-electron chi connectivity index (χ1n) is 4.16. The minimum Gasteiger partial charge on any atom is -0.478 e. The Morgan fingerprint density at radius 2 is 2.00 bits per heavy atom. The summed E-state index contributed by atoms with van der Waals surface area (Å²) >= 11 is 0. The van der Waals surface area contributed by atoms with Crippen LogP contribution in [0.1, 0.15) is 6.42 Å². The van der Waals surface area contributed by atoms with Gasteiger partial charge in [-0.05, 0) is 6.08 Å². The Morgan fingerprint density at radius 1 is 1.44 bits per heavy atom. The van der Waals surface area contributed by atoms with Crippen molar-refractivity contribution in [1.82, 2.24) is 0 Å². The molecule has 0 amide bonds. The zero-order valence-electron chi connectivity index (χ0n) is 7.85. The molecular formula is C7H10O8S. The molecule has 0 aromatic carbocycles. The van der Waals surface area contributed by atoms with Crippen LogP contribution in [0.25, 0.3) is 0 Å². The highest BCUT2D eigenvalue weighted by atomic mass is 32.3. The Morgan fingerprint density at radius 3 is 2.38 bits per heavy atom. The van der Waals surface area contributed by atoms with E-state index in [9.17, 15) is 23.4 Å². The van der Waals surface area contributed by atoms with Gasteiger partial charge in [0.1, 0.15) is 12.2 Å². The van der Waals surface area contributed by atoms with Crippen LogP contribution in [0.3, 0.4) is 0 Å². The SMILES string of the molecule is O=C(O)C1=CC(O)C(OS(=O)(=O)O)C(O)C1. The van der Waals surface area contributed by atoms with Crippen molar-refractivity contribution in [1.29, 1.82) is 0 Å². The number of rotatable bonds is 3. The molecule has 0 fully saturated rings. The lowest BCUT2D eigenvalue weighted by Crippen LogP contribution is -2.44. The van der Waals surface area contributed by atoms with Crippen molar-refractivity contribution in [3.05, 3.63) is 11.6 Å². The van der Waals surface area contributed by atoms with Crippen LogP contribution in [0.2, 0.25) is 0 Å². The number of aliphatic hydroxyl groups excluding tert-OH is 2. The third-order valence-corrected chi connectivity index (χ3v) is 2.49. The molecule has 92 valence electrons. The molecule has 9 heteroatoms. The van der Waals surface area contributed by atoms with Gasteiger partial charge < -0.3 is 15.3 Å². The maximum atomic E-state index is 10.5. The van der Waals surface area contributed by atoms with Crippen LogP contribution in [0.15, 0.2) is 11.6 Å². The fraction of sp³-hybridized carbons (Fsp3) is 0.571. The van der Waals surface area contributed by atoms with Crippen molar-refractivity contribution in [2.75, 3.05) is 0 Å². The van der Waals surface area contributed by atoms with Crippen molar-refractivity contribution < 1.29 is 37.3 Å². The van der Waals surface area contributed by atoms with E-state index in [2.05, 4.69) is 4.18 Å². The van der Waals surface area contributed by atoms with Gasteiger partial charge in [-0.2, -0.15) is 8.42 Å². The summed E-state index contributed by atoms with van der Waals surface area (Å²) in [5.41, 5.74) is -0.254. The average Bonchev–Trinajstić information content (AvgIpc) is 2.09. The summed E-state index contributed by atoms with van der Waals surface area (Å²) in [6, 6.07) is 0. The molecule has 0 radical (unpaired) electrons. The van der Waals surface area contributed by atoms with Gasteiger partial charge in [-0.1, -0.05) is 0 Å². The number of carboxylic acids is 1. The molecule has 0 heterocycles. The molecule has 0 bridgehead atoms. The van der Waals surface area contributed by atoms with E-state index in [-0.39, 0.29) is 12.0 Å². The van der Waals surface area contributed by atoms with Crippen molar-refractivity contribution in [2.24, 2.45) is 0 Å². The van der Waals surface area contributed by atoms with E-state index in [0.717, 1.165) is 6.08 Å². The average molecular weight is 254 g/mol. The highest BCUT2D eigenvalue weighted by Gasteiger charge is 2.36. The van der Waals surface area contributed by atoms with Crippen LogP contribution >= 0.6 is 0 Å². The Kier molecular flexibility index (Phi) is 3.65. The molecule has 3 atom stereocenters. The molecule has 0 saturated carbocycles. The number of aliphatic hydroxyl groups is 2. The van der Waals surface area contributed by atoms with E-state index in [1.165, 1.54) is 0 Å². The number of aliphatic carboxylic acids is 1. The van der Waals surface area contributed by atoms with E-state index < -0.39 is 34.7 Å². The Labute approximate surface area is 90.7 Å². The van der Waals surface area contributed by atoms with Gasteiger partial charge in [-0.3, -0.25) is 4.55 Å². The Balaban J connectivity index is 2.88. The lowest BCUT2D eigenvalue weighted by atomic mass is 9.92. The van der Waals surface area contributed by atoms with Crippen molar-refractivity contribution in [3.63, 3.8) is 0 Å². The maximum absolute atomic E-state index is 10.5. The molecule has 8 nitrogen and oxygen atoms in total. The molecular weight excluding hydrogens is 244 g/mol.